The lowest BCUT2D eigenvalue weighted by molar-refractivity contribution is 0.318. The van der Waals surface area contributed by atoms with Gasteiger partial charge in [0.15, 0.2) is 17.4 Å². The number of ether oxygens (including phenoxy) is 1. The topological polar surface area (TPSA) is 21.3 Å². The molecule has 5 heteroatoms. The van der Waals surface area contributed by atoms with Crippen LogP contribution in [0.25, 0.3) is 0 Å². The van der Waals surface area contributed by atoms with Crippen LogP contribution in [-0.2, 0) is 6.54 Å². The molecule has 1 N–H and O–H groups in total. The fourth-order valence-electron chi connectivity index (χ4n) is 1.21. The van der Waals surface area contributed by atoms with Gasteiger partial charge in [0, 0.05) is 11.0 Å². The minimum atomic E-state index is -0.709. The van der Waals surface area contributed by atoms with E-state index in [9.17, 15) is 8.78 Å². The van der Waals surface area contributed by atoms with Crippen LogP contribution in [0.15, 0.2) is 23.2 Å². The Morgan fingerprint density at radius 2 is 2.00 bits per heavy atom. The van der Waals surface area contributed by atoms with E-state index < -0.39 is 11.6 Å². The summed E-state index contributed by atoms with van der Waals surface area (Å²) in [5, 5.41) is 2.81. The fourth-order valence-corrected chi connectivity index (χ4v) is 1.32. The molecule has 1 aromatic carbocycles. The zero-order chi connectivity index (χ0) is 12.1. The number of nitrogens with one attached hydrogen (secondary N) is 1. The summed E-state index contributed by atoms with van der Waals surface area (Å²) >= 11 is 3.05. The van der Waals surface area contributed by atoms with E-state index in [2.05, 4.69) is 27.8 Å². The lowest BCUT2D eigenvalue weighted by atomic mass is 10.2. The van der Waals surface area contributed by atoms with Crippen molar-refractivity contribution in [3.8, 4) is 5.75 Å². The molecule has 0 amide bonds. The highest BCUT2D eigenvalue weighted by molar-refractivity contribution is 9.11. The van der Waals surface area contributed by atoms with Crippen LogP contribution in [0.4, 0.5) is 8.78 Å². The second-order valence-electron chi connectivity index (χ2n) is 3.22. The molecular weight excluding hydrogens is 280 g/mol. The number of benzene rings is 1. The number of hydrogen-bond acceptors (Lipinski definition) is 2. The third-order valence-corrected chi connectivity index (χ3v) is 2.04. The number of halogens is 3. The molecule has 0 fully saturated rings. The Morgan fingerprint density at radius 3 is 2.44 bits per heavy atom. The second kappa shape index (κ2) is 5.96. The van der Waals surface area contributed by atoms with Crippen molar-refractivity contribution in [1.82, 2.24) is 5.32 Å². The summed E-state index contributed by atoms with van der Waals surface area (Å²) in [7, 11) is 1.70. The first kappa shape index (κ1) is 13.1. The number of rotatable bonds is 5. The summed E-state index contributed by atoms with van der Waals surface area (Å²) in [5.74, 6) is -1.79. The average molecular weight is 292 g/mol. The zero-order valence-electron chi connectivity index (χ0n) is 8.82. The van der Waals surface area contributed by atoms with Gasteiger partial charge in [-0.25, -0.2) is 8.78 Å². The minimum absolute atomic E-state index is 0.0270. The Morgan fingerprint density at radius 1 is 1.44 bits per heavy atom. The summed E-state index contributed by atoms with van der Waals surface area (Å²) in [4.78, 5) is 0. The first-order valence-electron chi connectivity index (χ1n) is 4.63. The van der Waals surface area contributed by atoms with E-state index >= 15 is 0 Å². The van der Waals surface area contributed by atoms with Crippen molar-refractivity contribution < 1.29 is 13.5 Å². The lowest BCUT2D eigenvalue weighted by Crippen LogP contribution is -2.07. The van der Waals surface area contributed by atoms with Gasteiger partial charge >= 0.3 is 0 Å². The summed E-state index contributed by atoms with van der Waals surface area (Å²) in [6.07, 6.45) is 0. The molecule has 2 nitrogen and oxygen atoms in total. The molecule has 0 aromatic heterocycles. The van der Waals surface area contributed by atoms with E-state index in [0.717, 1.165) is 0 Å². The van der Waals surface area contributed by atoms with Gasteiger partial charge in [-0.3, -0.25) is 0 Å². The average Bonchev–Trinajstić information content (AvgIpc) is 2.16. The lowest BCUT2D eigenvalue weighted by Gasteiger charge is -2.09. The Balaban J connectivity index is 2.89. The Bertz CT molecular complexity index is 373. The largest absolute Gasteiger partial charge is 0.482 e. The molecule has 1 rings (SSSR count). The minimum Gasteiger partial charge on any atom is -0.482 e. The molecule has 88 valence electrons. The first-order valence-corrected chi connectivity index (χ1v) is 5.42. The van der Waals surface area contributed by atoms with Crippen LogP contribution in [0.1, 0.15) is 5.56 Å². The van der Waals surface area contributed by atoms with Crippen LogP contribution in [-0.4, -0.2) is 13.7 Å². The maximum atomic E-state index is 13.4. The molecule has 0 heterocycles. The molecule has 0 atom stereocenters. The van der Waals surface area contributed by atoms with Crippen LogP contribution >= 0.6 is 15.9 Å². The fraction of sp³-hybridized carbons (Fsp3) is 0.273. The number of hydrogen-bond donors (Lipinski definition) is 1. The van der Waals surface area contributed by atoms with E-state index in [4.69, 9.17) is 4.74 Å². The zero-order valence-corrected chi connectivity index (χ0v) is 10.4. The van der Waals surface area contributed by atoms with Crippen molar-refractivity contribution in [2.24, 2.45) is 0 Å². The van der Waals surface area contributed by atoms with Crippen LogP contribution < -0.4 is 10.1 Å². The smallest absolute Gasteiger partial charge is 0.191 e. The van der Waals surface area contributed by atoms with E-state index in [1.54, 1.807) is 7.05 Å². The second-order valence-corrected chi connectivity index (χ2v) is 4.35. The molecule has 0 unspecified atom stereocenters. The maximum absolute atomic E-state index is 13.4. The van der Waals surface area contributed by atoms with Gasteiger partial charge in [-0.1, -0.05) is 22.5 Å². The summed E-state index contributed by atoms with van der Waals surface area (Å²) in [6, 6.07) is 2.48. The van der Waals surface area contributed by atoms with Crippen LogP contribution in [0.3, 0.4) is 0 Å². The van der Waals surface area contributed by atoms with E-state index in [-0.39, 0.29) is 12.4 Å². The standard InChI is InChI=1S/C11H12BrF2NO/c1-7(12)6-16-11-9(13)3-8(5-15-2)4-10(11)14/h3-4,15H,1,5-6H2,2H3. The molecule has 1 aromatic rings. The molecule has 0 aliphatic rings. The van der Waals surface area contributed by atoms with Gasteiger partial charge in [-0.2, -0.15) is 0 Å². The highest BCUT2D eigenvalue weighted by Gasteiger charge is 2.12. The quantitative estimate of drug-likeness (QED) is 0.901. The van der Waals surface area contributed by atoms with Crippen molar-refractivity contribution in [2.45, 2.75) is 6.54 Å². The van der Waals surface area contributed by atoms with Gasteiger partial charge in [0.2, 0.25) is 0 Å². The SMILES string of the molecule is C=C(Br)COc1c(F)cc(CNC)cc1F. The molecule has 16 heavy (non-hydrogen) atoms. The monoisotopic (exact) mass is 291 g/mol. The van der Waals surface area contributed by atoms with Crippen LogP contribution in [0, 0.1) is 11.6 Å². The Hall–Kier alpha value is -0.940. The van der Waals surface area contributed by atoms with Crippen LogP contribution in [0.2, 0.25) is 0 Å². The van der Waals surface area contributed by atoms with Gasteiger partial charge in [0.1, 0.15) is 6.61 Å². The molecule has 0 radical (unpaired) electrons. The molecular formula is C11H12BrF2NO. The van der Waals surface area contributed by atoms with Crippen molar-refractivity contribution >= 4 is 15.9 Å². The van der Waals surface area contributed by atoms with Crippen molar-refractivity contribution in [2.75, 3.05) is 13.7 Å². The Labute approximate surface area is 101 Å². The van der Waals surface area contributed by atoms with E-state index in [1.807, 2.05) is 0 Å². The Kier molecular flexibility index (Phi) is 4.89. The highest BCUT2D eigenvalue weighted by atomic mass is 79.9. The van der Waals surface area contributed by atoms with Crippen molar-refractivity contribution in [3.05, 3.63) is 40.4 Å². The van der Waals surface area contributed by atoms with Gasteiger partial charge in [0.05, 0.1) is 0 Å². The van der Waals surface area contributed by atoms with E-state index in [0.29, 0.717) is 16.6 Å². The summed E-state index contributed by atoms with van der Waals surface area (Å²) in [5.41, 5.74) is 0.530. The van der Waals surface area contributed by atoms with Crippen molar-refractivity contribution in [3.63, 3.8) is 0 Å². The third-order valence-electron chi connectivity index (χ3n) is 1.81. The van der Waals surface area contributed by atoms with Gasteiger partial charge < -0.3 is 10.1 Å². The molecule has 0 bridgehead atoms. The molecule has 0 spiro atoms. The normalized spacial score (nSPS) is 10.2. The van der Waals surface area contributed by atoms with Gasteiger partial charge in [-0.05, 0) is 24.7 Å². The van der Waals surface area contributed by atoms with Crippen molar-refractivity contribution in [1.29, 1.82) is 0 Å². The van der Waals surface area contributed by atoms with Gasteiger partial charge in [0.25, 0.3) is 0 Å². The summed E-state index contributed by atoms with van der Waals surface area (Å²) < 4.78 is 32.4. The molecule has 0 saturated heterocycles. The predicted molar refractivity (Wildman–Crippen MR) is 62.7 cm³/mol. The molecule has 0 aliphatic heterocycles. The molecule has 0 saturated carbocycles. The maximum Gasteiger partial charge on any atom is 0.191 e. The highest BCUT2D eigenvalue weighted by Crippen LogP contribution is 2.24. The summed E-state index contributed by atoms with van der Waals surface area (Å²) in [6.45, 7) is 3.94. The van der Waals surface area contributed by atoms with Gasteiger partial charge in [-0.15, -0.1) is 0 Å². The molecule has 0 aliphatic carbocycles. The predicted octanol–water partition coefficient (Wildman–Crippen LogP) is 2.97. The third kappa shape index (κ3) is 3.57. The van der Waals surface area contributed by atoms with E-state index in [1.165, 1.54) is 12.1 Å². The first-order chi connectivity index (χ1) is 7.54. The van der Waals surface area contributed by atoms with Crippen LogP contribution in [0.5, 0.6) is 5.75 Å².